The van der Waals surface area contributed by atoms with Crippen LogP contribution in [0.2, 0.25) is 5.02 Å². The maximum Gasteiger partial charge on any atom is 0.0821 e. The van der Waals surface area contributed by atoms with Crippen LogP contribution in [-0.4, -0.2) is 14.8 Å². The van der Waals surface area contributed by atoms with E-state index >= 15 is 0 Å². The largest absolute Gasteiger partial charge is 0.398 e. The zero-order valence-corrected chi connectivity index (χ0v) is 9.07. The Morgan fingerprint density at radius 1 is 1.47 bits per heavy atom. The average Bonchev–Trinajstić information content (AvgIpc) is 2.53. The highest BCUT2D eigenvalue weighted by Crippen LogP contribution is 2.20. The van der Waals surface area contributed by atoms with Gasteiger partial charge in [0.05, 0.1) is 16.9 Å². The van der Waals surface area contributed by atoms with Crippen LogP contribution in [0.5, 0.6) is 0 Å². The minimum Gasteiger partial charge on any atom is -0.398 e. The predicted octanol–water partition coefficient (Wildman–Crippen LogP) is 1.64. The van der Waals surface area contributed by atoms with E-state index in [-0.39, 0.29) is 0 Å². The molecule has 0 radical (unpaired) electrons. The molecule has 4 nitrogen and oxygen atoms in total. The van der Waals surface area contributed by atoms with Crippen molar-refractivity contribution in [3.63, 3.8) is 0 Å². The summed E-state index contributed by atoms with van der Waals surface area (Å²) in [7, 11) is 1.85. The van der Waals surface area contributed by atoms with E-state index in [0.29, 0.717) is 11.4 Å². The third-order valence-corrected chi connectivity index (χ3v) is 2.63. The number of halogens is 1. The molecule has 2 N–H and O–H groups in total. The van der Waals surface area contributed by atoms with Crippen LogP contribution in [0.4, 0.5) is 5.69 Å². The van der Waals surface area contributed by atoms with E-state index in [2.05, 4.69) is 10.1 Å². The Hall–Kier alpha value is -1.55. The van der Waals surface area contributed by atoms with Crippen molar-refractivity contribution in [2.24, 2.45) is 7.05 Å². The van der Waals surface area contributed by atoms with Crippen molar-refractivity contribution in [1.82, 2.24) is 14.8 Å². The Balaban J connectivity index is 2.34. The Morgan fingerprint density at radius 3 is 2.87 bits per heavy atom. The summed E-state index contributed by atoms with van der Waals surface area (Å²) < 4.78 is 1.74. The van der Waals surface area contributed by atoms with E-state index in [4.69, 9.17) is 17.3 Å². The molecule has 2 heterocycles. The molecule has 0 amide bonds. The first kappa shape index (κ1) is 9.98. The van der Waals surface area contributed by atoms with Gasteiger partial charge in [0.25, 0.3) is 0 Å². The summed E-state index contributed by atoms with van der Waals surface area (Å²) in [4.78, 5) is 4.03. The molecule has 0 aliphatic carbocycles. The Labute approximate surface area is 92.7 Å². The third kappa shape index (κ3) is 1.94. The van der Waals surface area contributed by atoms with Gasteiger partial charge < -0.3 is 5.73 Å². The molecule has 0 atom stereocenters. The minimum absolute atomic E-state index is 0.648. The number of rotatable bonds is 2. The van der Waals surface area contributed by atoms with Crippen LogP contribution in [0, 0.1) is 0 Å². The molecule has 0 fully saturated rings. The highest BCUT2D eigenvalue weighted by molar-refractivity contribution is 6.31. The fraction of sp³-hybridized carbons (Fsp3) is 0.200. The van der Waals surface area contributed by atoms with E-state index in [1.54, 1.807) is 29.3 Å². The molecule has 0 aliphatic heterocycles. The summed E-state index contributed by atoms with van der Waals surface area (Å²) in [5.74, 6) is 0. The lowest BCUT2D eigenvalue weighted by Crippen LogP contribution is -2.02. The van der Waals surface area contributed by atoms with Gasteiger partial charge in [0, 0.05) is 31.5 Å². The summed E-state index contributed by atoms with van der Waals surface area (Å²) in [6.45, 7) is 0. The Kier molecular flexibility index (Phi) is 2.60. The van der Waals surface area contributed by atoms with Crippen LogP contribution in [0.25, 0.3) is 0 Å². The second kappa shape index (κ2) is 3.90. The smallest absolute Gasteiger partial charge is 0.0821 e. The van der Waals surface area contributed by atoms with Gasteiger partial charge in [-0.1, -0.05) is 11.6 Å². The van der Waals surface area contributed by atoms with Crippen molar-refractivity contribution in [1.29, 1.82) is 0 Å². The van der Waals surface area contributed by atoms with E-state index < -0.39 is 0 Å². The average molecular weight is 223 g/mol. The molecule has 0 unspecified atom stereocenters. The van der Waals surface area contributed by atoms with Crippen molar-refractivity contribution in [2.75, 3.05) is 5.73 Å². The lowest BCUT2D eigenvalue weighted by Gasteiger charge is -2.05. The molecule has 0 aliphatic rings. The molecule has 0 aromatic carbocycles. The highest BCUT2D eigenvalue weighted by Gasteiger charge is 2.08. The number of hydrogen-bond donors (Lipinski definition) is 1. The molecule has 0 spiro atoms. The van der Waals surface area contributed by atoms with Crippen molar-refractivity contribution < 1.29 is 0 Å². The van der Waals surface area contributed by atoms with Gasteiger partial charge in [0.1, 0.15) is 0 Å². The first-order valence-corrected chi connectivity index (χ1v) is 4.91. The fourth-order valence-electron chi connectivity index (χ4n) is 1.40. The third-order valence-electron chi connectivity index (χ3n) is 2.31. The summed E-state index contributed by atoms with van der Waals surface area (Å²) in [5.41, 5.74) is 8.45. The van der Waals surface area contributed by atoms with Crippen LogP contribution in [-0.2, 0) is 13.5 Å². The van der Waals surface area contributed by atoms with E-state index in [1.807, 2.05) is 7.05 Å². The molecule has 5 heteroatoms. The van der Waals surface area contributed by atoms with E-state index in [9.17, 15) is 0 Å². The zero-order chi connectivity index (χ0) is 10.8. The topological polar surface area (TPSA) is 56.7 Å². The number of pyridine rings is 1. The number of nitrogens with zero attached hydrogens (tertiary/aromatic N) is 3. The predicted molar refractivity (Wildman–Crippen MR) is 59.7 cm³/mol. The maximum atomic E-state index is 6.00. The molecular weight excluding hydrogens is 212 g/mol. The maximum absolute atomic E-state index is 6.00. The summed E-state index contributed by atoms with van der Waals surface area (Å²) in [5, 5.41) is 4.72. The highest BCUT2D eigenvalue weighted by atomic mass is 35.5. The second-order valence-corrected chi connectivity index (χ2v) is 3.72. The fourth-order valence-corrected chi connectivity index (χ4v) is 1.63. The minimum atomic E-state index is 0.648. The molecule has 0 saturated carbocycles. The molecule has 0 bridgehead atoms. The Morgan fingerprint density at radius 2 is 2.27 bits per heavy atom. The normalized spacial score (nSPS) is 10.5. The number of aromatic nitrogens is 3. The first-order valence-electron chi connectivity index (χ1n) is 4.53. The quantitative estimate of drug-likeness (QED) is 0.841. The first-order chi connectivity index (χ1) is 7.18. The van der Waals surface area contributed by atoms with Gasteiger partial charge in [0.2, 0.25) is 0 Å². The summed E-state index contributed by atoms with van der Waals surface area (Å²) in [6, 6.07) is 1.78. The lowest BCUT2D eigenvalue weighted by molar-refractivity contribution is 0.724. The Bertz CT molecular complexity index is 459. The van der Waals surface area contributed by atoms with Crippen molar-refractivity contribution in [2.45, 2.75) is 6.42 Å². The molecular formula is C10H11ClN4. The SMILES string of the molecule is Cn1ncc(Cl)c1Cc1cnccc1N. The van der Waals surface area contributed by atoms with Gasteiger partial charge >= 0.3 is 0 Å². The molecule has 0 saturated heterocycles. The van der Waals surface area contributed by atoms with Crippen molar-refractivity contribution in [3.05, 3.63) is 40.9 Å². The van der Waals surface area contributed by atoms with Gasteiger partial charge in [-0.3, -0.25) is 9.67 Å². The van der Waals surface area contributed by atoms with Crippen LogP contribution in [0.15, 0.2) is 24.7 Å². The monoisotopic (exact) mass is 222 g/mol. The second-order valence-electron chi connectivity index (χ2n) is 3.31. The summed E-state index contributed by atoms with van der Waals surface area (Å²) in [6.07, 6.45) is 5.70. The van der Waals surface area contributed by atoms with Crippen LogP contribution >= 0.6 is 11.6 Å². The van der Waals surface area contributed by atoms with Crippen molar-refractivity contribution >= 4 is 17.3 Å². The van der Waals surface area contributed by atoms with Gasteiger partial charge in [-0.05, 0) is 11.6 Å². The van der Waals surface area contributed by atoms with Gasteiger partial charge in [-0.15, -0.1) is 0 Å². The molecule has 78 valence electrons. The van der Waals surface area contributed by atoms with Gasteiger partial charge in [0.15, 0.2) is 0 Å². The zero-order valence-electron chi connectivity index (χ0n) is 8.31. The van der Waals surface area contributed by atoms with E-state index in [1.165, 1.54) is 0 Å². The van der Waals surface area contributed by atoms with Crippen LogP contribution < -0.4 is 5.73 Å². The van der Waals surface area contributed by atoms with Gasteiger partial charge in [-0.2, -0.15) is 5.10 Å². The van der Waals surface area contributed by atoms with E-state index in [0.717, 1.165) is 16.9 Å². The number of hydrogen-bond acceptors (Lipinski definition) is 3. The number of nitrogens with two attached hydrogens (primary N) is 1. The van der Waals surface area contributed by atoms with Gasteiger partial charge in [-0.25, -0.2) is 0 Å². The van der Waals surface area contributed by atoms with Crippen LogP contribution in [0.3, 0.4) is 0 Å². The molecule has 15 heavy (non-hydrogen) atoms. The number of anilines is 1. The standard InChI is InChI=1S/C10H11ClN4/c1-15-10(8(11)6-14-15)4-7-5-13-3-2-9(7)12/h2-3,5-6H,4H2,1H3,(H2,12,13). The molecule has 2 aromatic rings. The number of nitrogen functional groups attached to an aromatic ring is 1. The van der Waals surface area contributed by atoms with Crippen molar-refractivity contribution in [3.8, 4) is 0 Å². The van der Waals surface area contributed by atoms with Crippen LogP contribution in [0.1, 0.15) is 11.3 Å². The lowest BCUT2D eigenvalue weighted by atomic mass is 10.1. The number of aryl methyl sites for hydroxylation is 1. The summed E-state index contributed by atoms with van der Waals surface area (Å²) >= 11 is 6.00. The molecule has 2 rings (SSSR count). The molecule has 2 aromatic heterocycles.